The standard InChI is InChI=1S/C13H10ClN5O/c14-5-10(20)19-9-3-1-2-8(4-9)11-12-13(17-6-15-11)18-7-16-12/h1-4,6-7H,5H2,(H,19,20)(H,15,16,17,18). The summed E-state index contributed by atoms with van der Waals surface area (Å²) in [7, 11) is 0. The van der Waals surface area contributed by atoms with Crippen LogP contribution in [0.3, 0.4) is 0 Å². The number of benzene rings is 1. The summed E-state index contributed by atoms with van der Waals surface area (Å²) in [6.45, 7) is 0. The van der Waals surface area contributed by atoms with Crippen LogP contribution in [0.15, 0.2) is 36.9 Å². The van der Waals surface area contributed by atoms with Gasteiger partial charge in [0.05, 0.1) is 12.0 Å². The third-order valence-electron chi connectivity index (χ3n) is 2.76. The number of aromatic nitrogens is 4. The van der Waals surface area contributed by atoms with Crippen LogP contribution in [0.25, 0.3) is 22.4 Å². The number of amides is 1. The van der Waals surface area contributed by atoms with Crippen molar-refractivity contribution >= 4 is 34.4 Å². The van der Waals surface area contributed by atoms with E-state index in [0.29, 0.717) is 11.3 Å². The maximum absolute atomic E-state index is 11.3. The molecule has 0 unspecified atom stereocenters. The molecule has 0 bridgehead atoms. The number of H-pyrrole nitrogens is 1. The number of alkyl halides is 1. The number of hydrogen-bond acceptors (Lipinski definition) is 4. The molecule has 20 heavy (non-hydrogen) atoms. The van der Waals surface area contributed by atoms with Crippen LogP contribution in [0.5, 0.6) is 0 Å². The number of hydrogen-bond donors (Lipinski definition) is 2. The number of halogens is 1. The van der Waals surface area contributed by atoms with Crippen LogP contribution < -0.4 is 5.32 Å². The number of rotatable bonds is 3. The maximum Gasteiger partial charge on any atom is 0.239 e. The third-order valence-corrected chi connectivity index (χ3v) is 3.01. The first-order chi connectivity index (χ1) is 9.78. The van der Waals surface area contributed by atoms with Crippen molar-refractivity contribution in [2.24, 2.45) is 0 Å². The molecule has 0 aliphatic rings. The molecule has 2 aromatic heterocycles. The van der Waals surface area contributed by atoms with Gasteiger partial charge in [0.15, 0.2) is 5.65 Å². The summed E-state index contributed by atoms with van der Waals surface area (Å²) in [6, 6.07) is 7.36. The summed E-state index contributed by atoms with van der Waals surface area (Å²) in [6.07, 6.45) is 3.03. The molecule has 0 saturated heterocycles. The van der Waals surface area contributed by atoms with E-state index in [1.807, 2.05) is 18.2 Å². The molecule has 0 atom stereocenters. The molecule has 0 aliphatic carbocycles. The van der Waals surface area contributed by atoms with E-state index in [-0.39, 0.29) is 11.8 Å². The zero-order valence-electron chi connectivity index (χ0n) is 10.3. The van der Waals surface area contributed by atoms with Crippen LogP contribution in [-0.4, -0.2) is 31.7 Å². The minimum atomic E-state index is -0.252. The van der Waals surface area contributed by atoms with Gasteiger partial charge in [-0.2, -0.15) is 0 Å². The fourth-order valence-electron chi connectivity index (χ4n) is 1.92. The third kappa shape index (κ3) is 2.33. The molecular weight excluding hydrogens is 278 g/mol. The predicted molar refractivity (Wildman–Crippen MR) is 76.5 cm³/mol. The van der Waals surface area contributed by atoms with E-state index >= 15 is 0 Å². The molecule has 1 amide bonds. The van der Waals surface area contributed by atoms with Gasteiger partial charge in [0, 0.05) is 11.3 Å². The number of carbonyl (C=O) groups is 1. The molecule has 0 aliphatic heterocycles. The van der Waals surface area contributed by atoms with Crippen LogP contribution in [0.4, 0.5) is 5.69 Å². The van der Waals surface area contributed by atoms with E-state index in [1.165, 1.54) is 6.33 Å². The Morgan fingerprint density at radius 1 is 1.30 bits per heavy atom. The fraction of sp³-hybridized carbons (Fsp3) is 0.0769. The van der Waals surface area contributed by atoms with E-state index in [9.17, 15) is 4.79 Å². The molecule has 2 N–H and O–H groups in total. The Labute approximate surface area is 119 Å². The molecule has 0 radical (unpaired) electrons. The SMILES string of the molecule is O=C(CCl)Nc1cccc(-c2ncnc3nc[nH]c23)c1. The highest BCUT2D eigenvalue weighted by atomic mass is 35.5. The van der Waals surface area contributed by atoms with E-state index in [2.05, 4.69) is 25.3 Å². The van der Waals surface area contributed by atoms with Crippen molar-refractivity contribution in [1.29, 1.82) is 0 Å². The van der Waals surface area contributed by atoms with Crippen LogP contribution in [0, 0.1) is 0 Å². The van der Waals surface area contributed by atoms with Crippen molar-refractivity contribution in [3.05, 3.63) is 36.9 Å². The minimum absolute atomic E-state index is 0.0808. The Balaban J connectivity index is 2.04. The van der Waals surface area contributed by atoms with Crippen LogP contribution in [0.2, 0.25) is 0 Å². The molecular formula is C13H10ClN5O. The van der Waals surface area contributed by atoms with Gasteiger partial charge in [0.25, 0.3) is 0 Å². The monoisotopic (exact) mass is 287 g/mol. The lowest BCUT2D eigenvalue weighted by Crippen LogP contribution is -2.12. The average molecular weight is 288 g/mol. The van der Waals surface area contributed by atoms with E-state index in [0.717, 1.165) is 16.8 Å². The molecule has 6 nitrogen and oxygen atoms in total. The maximum atomic E-state index is 11.3. The Kier molecular flexibility index (Phi) is 3.30. The summed E-state index contributed by atoms with van der Waals surface area (Å²) < 4.78 is 0. The van der Waals surface area contributed by atoms with Crippen molar-refractivity contribution in [2.45, 2.75) is 0 Å². The van der Waals surface area contributed by atoms with Gasteiger partial charge in [-0.25, -0.2) is 15.0 Å². The minimum Gasteiger partial charge on any atom is -0.341 e. The average Bonchev–Trinajstić information content (AvgIpc) is 2.95. The number of anilines is 1. The van der Waals surface area contributed by atoms with Crippen LogP contribution in [0.1, 0.15) is 0 Å². The first kappa shape index (κ1) is 12.6. The number of fused-ring (bicyclic) bond motifs is 1. The lowest BCUT2D eigenvalue weighted by Gasteiger charge is -2.06. The zero-order valence-corrected chi connectivity index (χ0v) is 11.1. The zero-order chi connectivity index (χ0) is 13.9. The molecule has 3 aromatic rings. The fourth-order valence-corrected chi connectivity index (χ4v) is 1.99. The number of aromatic amines is 1. The molecule has 0 fully saturated rings. The van der Waals surface area contributed by atoms with E-state index in [4.69, 9.17) is 11.6 Å². The highest BCUT2D eigenvalue weighted by molar-refractivity contribution is 6.29. The Bertz CT molecular complexity index is 770. The van der Waals surface area contributed by atoms with Gasteiger partial charge < -0.3 is 10.3 Å². The largest absolute Gasteiger partial charge is 0.341 e. The van der Waals surface area contributed by atoms with Crippen molar-refractivity contribution < 1.29 is 4.79 Å². The molecule has 2 heterocycles. The lowest BCUT2D eigenvalue weighted by molar-refractivity contribution is -0.113. The molecule has 0 saturated carbocycles. The Morgan fingerprint density at radius 2 is 2.20 bits per heavy atom. The van der Waals surface area contributed by atoms with Gasteiger partial charge in [0.1, 0.15) is 17.7 Å². The van der Waals surface area contributed by atoms with Gasteiger partial charge in [-0.1, -0.05) is 12.1 Å². The highest BCUT2D eigenvalue weighted by Gasteiger charge is 2.09. The second-order valence-corrected chi connectivity index (χ2v) is 4.35. The Morgan fingerprint density at radius 3 is 3.05 bits per heavy atom. The smallest absolute Gasteiger partial charge is 0.239 e. The number of nitrogens with zero attached hydrogens (tertiary/aromatic N) is 3. The van der Waals surface area contributed by atoms with Gasteiger partial charge in [-0.3, -0.25) is 4.79 Å². The number of imidazole rings is 1. The summed E-state index contributed by atoms with van der Waals surface area (Å²) >= 11 is 5.48. The van der Waals surface area contributed by atoms with E-state index < -0.39 is 0 Å². The van der Waals surface area contributed by atoms with Crippen molar-refractivity contribution in [2.75, 3.05) is 11.2 Å². The summed E-state index contributed by atoms with van der Waals surface area (Å²) in [5.41, 5.74) is 3.61. The van der Waals surface area contributed by atoms with Gasteiger partial charge >= 0.3 is 0 Å². The molecule has 100 valence electrons. The van der Waals surface area contributed by atoms with Gasteiger partial charge in [-0.15, -0.1) is 11.6 Å². The first-order valence-corrected chi connectivity index (χ1v) is 6.41. The second-order valence-electron chi connectivity index (χ2n) is 4.09. The predicted octanol–water partition coefficient (Wildman–Crippen LogP) is 2.20. The normalized spacial score (nSPS) is 10.7. The number of carbonyl (C=O) groups excluding carboxylic acids is 1. The Hall–Kier alpha value is -2.47. The summed E-state index contributed by atoms with van der Waals surface area (Å²) in [5.74, 6) is -0.332. The van der Waals surface area contributed by atoms with Crippen LogP contribution >= 0.6 is 11.6 Å². The second kappa shape index (κ2) is 5.26. The van der Waals surface area contributed by atoms with Crippen molar-refractivity contribution in [3.63, 3.8) is 0 Å². The van der Waals surface area contributed by atoms with Crippen LogP contribution in [-0.2, 0) is 4.79 Å². The van der Waals surface area contributed by atoms with E-state index in [1.54, 1.807) is 12.4 Å². The van der Waals surface area contributed by atoms with Crippen molar-refractivity contribution in [1.82, 2.24) is 19.9 Å². The first-order valence-electron chi connectivity index (χ1n) is 5.88. The lowest BCUT2D eigenvalue weighted by atomic mass is 10.1. The highest BCUT2D eigenvalue weighted by Crippen LogP contribution is 2.25. The van der Waals surface area contributed by atoms with Gasteiger partial charge in [0.2, 0.25) is 5.91 Å². The summed E-state index contributed by atoms with van der Waals surface area (Å²) in [5, 5.41) is 2.70. The molecule has 7 heteroatoms. The molecule has 1 aromatic carbocycles. The quantitative estimate of drug-likeness (QED) is 0.723. The van der Waals surface area contributed by atoms with Crippen molar-refractivity contribution in [3.8, 4) is 11.3 Å². The topological polar surface area (TPSA) is 83.6 Å². The molecule has 0 spiro atoms. The molecule has 3 rings (SSSR count). The summed E-state index contributed by atoms with van der Waals surface area (Å²) in [4.78, 5) is 26.8. The number of nitrogens with one attached hydrogen (secondary N) is 2. The van der Waals surface area contributed by atoms with Gasteiger partial charge in [-0.05, 0) is 12.1 Å².